The molecule has 0 bridgehead atoms. The van der Waals surface area contributed by atoms with E-state index in [0.717, 1.165) is 18.9 Å². The van der Waals surface area contributed by atoms with E-state index in [1.807, 2.05) is 20.0 Å². The summed E-state index contributed by atoms with van der Waals surface area (Å²) in [5.41, 5.74) is 5.87. The number of imidazole rings is 1. The SMILES string of the molecule is CC(C)C(N)C(=O)N1CCn2ccnc2C1.Cl.Cl. The first-order chi connectivity index (χ1) is 7.59. The van der Waals surface area contributed by atoms with Crippen molar-refractivity contribution in [2.45, 2.75) is 33.0 Å². The highest BCUT2D eigenvalue weighted by molar-refractivity contribution is 5.85. The molecule has 1 aromatic rings. The van der Waals surface area contributed by atoms with Gasteiger partial charge in [-0.25, -0.2) is 4.98 Å². The lowest BCUT2D eigenvalue weighted by Crippen LogP contribution is -2.49. The summed E-state index contributed by atoms with van der Waals surface area (Å²) in [6, 6.07) is -0.401. The molecule has 7 heteroatoms. The summed E-state index contributed by atoms with van der Waals surface area (Å²) in [5.74, 6) is 1.15. The molecule has 0 radical (unpaired) electrons. The van der Waals surface area contributed by atoms with Gasteiger partial charge in [-0.15, -0.1) is 24.8 Å². The molecule has 0 spiro atoms. The zero-order chi connectivity index (χ0) is 11.7. The second-order valence-corrected chi connectivity index (χ2v) is 4.57. The topological polar surface area (TPSA) is 64.2 Å². The number of fused-ring (bicyclic) bond motifs is 1. The maximum absolute atomic E-state index is 12.0. The minimum absolute atomic E-state index is 0. The van der Waals surface area contributed by atoms with Gasteiger partial charge in [-0.3, -0.25) is 4.79 Å². The van der Waals surface area contributed by atoms with E-state index in [0.29, 0.717) is 6.54 Å². The van der Waals surface area contributed by atoms with Crippen LogP contribution in [0.5, 0.6) is 0 Å². The van der Waals surface area contributed by atoms with Crippen LogP contribution < -0.4 is 5.73 Å². The van der Waals surface area contributed by atoms with Crippen LogP contribution in [0.3, 0.4) is 0 Å². The third-order valence-corrected chi connectivity index (χ3v) is 3.06. The highest BCUT2D eigenvalue weighted by Crippen LogP contribution is 2.12. The van der Waals surface area contributed by atoms with E-state index in [1.165, 1.54) is 0 Å². The first-order valence-corrected chi connectivity index (χ1v) is 5.64. The van der Waals surface area contributed by atoms with Gasteiger partial charge in [0.25, 0.3) is 0 Å². The summed E-state index contributed by atoms with van der Waals surface area (Å²) in [7, 11) is 0. The molecule has 0 aromatic carbocycles. The van der Waals surface area contributed by atoms with Crippen LogP contribution in [0, 0.1) is 5.92 Å². The van der Waals surface area contributed by atoms with Crippen molar-refractivity contribution >= 4 is 30.7 Å². The van der Waals surface area contributed by atoms with Gasteiger partial charge in [0.1, 0.15) is 5.82 Å². The number of nitrogens with two attached hydrogens (primary N) is 1. The molecule has 0 saturated heterocycles. The molecule has 0 fully saturated rings. The molecule has 18 heavy (non-hydrogen) atoms. The maximum Gasteiger partial charge on any atom is 0.240 e. The third-order valence-electron chi connectivity index (χ3n) is 3.06. The second kappa shape index (κ2) is 6.97. The quantitative estimate of drug-likeness (QED) is 0.887. The molecule has 2 heterocycles. The van der Waals surface area contributed by atoms with Crippen LogP contribution in [-0.2, 0) is 17.9 Å². The molecule has 2 rings (SSSR count). The summed E-state index contributed by atoms with van der Waals surface area (Å²) < 4.78 is 2.07. The fraction of sp³-hybridized carbons (Fsp3) is 0.636. The maximum atomic E-state index is 12.0. The second-order valence-electron chi connectivity index (χ2n) is 4.57. The molecular weight excluding hydrogens is 275 g/mol. The smallest absolute Gasteiger partial charge is 0.240 e. The number of aromatic nitrogens is 2. The van der Waals surface area contributed by atoms with Crippen LogP contribution >= 0.6 is 24.8 Å². The standard InChI is InChI=1S/C11H18N4O.2ClH/c1-8(2)10(12)11(16)15-6-5-14-4-3-13-9(14)7-15;;/h3-4,8,10H,5-7,12H2,1-2H3;2*1H. The summed E-state index contributed by atoms with van der Waals surface area (Å²) in [4.78, 5) is 18.1. The summed E-state index contributed by atoms with van der Waals surface area (Å²) >= 11 is 0. The Hall–Kier alpha value is -0.780. The zero-order valence-electron chi connectivity index (χ0n) is 10.6. The Balaban J connectivity index is 0.00000144. The third kappa shape index (κ3) is 3.37. The lowest BCUT2D eigenvalue weighted by molar-refractivity contribution is -0.135. The van der Waals surface area contributed by atoms with Gasteiger partial charge in [-0.1, -0.05) is 13.8 Å². The van der Waals surface area contributed by atoms with E-state index in [2.05, 4.69) is 9.55 Å². The Morgan fingerprint density at radius 1 is 1.39 bits per heavy atom. The fourth-order valence-corrected chi connectivity index (χ4v) is 1.86. The van der Waals surface area contributed by atoms with Crippen LogP contribution in [0.25, 0.3) is 0 Å². The number of carbonyl (C=O) groups is 1. The molecule has 5 nitrogen and oxygen atoms in total. The number of amides is 1. The Kier molecular flexibility index (Phi) is 6.67. The van der Waals surface area contributed by atoms with Gasteiger partial charge in [0.15, 0.2) is 0 Å². The Bertz CT molecular complexity index is 394. The van der Waals surface area contributed by atoms with Crippen molar-refractivity contribution in [2.24, 2.45) is 11.7 Å². The number of hydrogen-bond donors (Lipinski definition) is 1. The Labute approximate surface area is 120 Å². The van der Waals surface area contributed by atoms with Gasteiger partial charge in [0.2, 0.25) is 5.91 Å². The van der Waals surface area contributed by atoms with Crippen molar-refractivity contribution in [3.63, 3.8) is 0 Å². The predicted molar refractivity (Wildman–Crippen MR) is 75.0 cm³/mol. The van der Waals surface area contributed by atoms with Gasteiger partial charge in [-0.05, 0) is 5.92 Å². The fourth-order valence-electron chi connectivity index (χ4n) is 1.86. The molecule has 1 amide bonds. The molecule has 1 aromatic heterocycles. The summed E-state index contributed by atoms with van der Waals surface area (Å²) in [6.07, 6.45) is 3.71. The van der Waals surface area contributed by atoms with Crippen LogP contribution in [0.2, 0.25) is 0 Å². The molecule has 0 aliphatic carbocycles. The van der Waals surface area contributed by atoms with Crippen LogP contribution in [0.1, 0.15) is 19.7 Å². The lowest BCUT2D eigenvalue weighted by atomic mass is 10.0. The molecule has 0 saturated carbocycles. The normalized spacial score (nSPS) is 15.4. The first kappa shape index (κ1) is 17.2. The van der Waals surface area contributed by atoms with Crippen LogP contribution in [0.15, 0.2) is 12.4 Å². The van der Waals surface area contributed by atoms with E-state index in [4.69, 9.17) is 5.73 Å². The number of hydrogen-bond acceptors (Lipinski definition) is 3. The number of halogens is 2. The lowest BCUT2D eigenvalue weighted by Gasteiger charge is -2.30. The van der Waals surface area contributed by atoms with Crippen molar-refractivity contribution in [1.82, 2.24) is 14.5 Å². The van der Waals surface area contributed by atoms with Crippen molar-refractivity contribution in [3.05, 3.63) is 18.2 Å². The molecule has 104 valence electrons. The van der Waals surface area contributed by atoms with E-state index in [1.54, 1.807) is 11.1 Å². The average molecular weight is 295 g/mol. The molecule has 1 unspecified atom stereocenters. The van der Waals surface area contributed by atoms with E-state index >= 15 is 0 Å². The summed E-state index contributed by atoms with van der Waals surface area (Å²) in [6.45, 7) is 6.04. The predicted octanol–water partition coefficient (Wildman–Crippen LogP) is 1.05. The number of rotatable bonds is 2. The molecular formula is C11H20Cl2N4O. The van der Waals surface area contributed by atoms with Gasteiger partial charge in [0, 0.05) is 25.5 Å². The van der Waals surface area contributed by atoms with E-state index < -0.39 is 6.04 Å². The molecule has 1 aliphatic heterocycles. The minimum atomic E-state index is -0.401. The van der Waals surface area contributed by atoms with Gasteiger partial charge in [-0.2, -0.15) is 0 Å². The van der Waals surface area contributed by atoms with E-state index in [9.17, 15) is 4.79 Å². The summed E-state index contributed by atoms with van der Waals surface area (Å²) in [5, 5.41) is 0. The molecule has 1 aliphatic rings. The van der Waals surface area contributed by atoms with Crippen molar-refractivity contribution in [3.8, 4) is 0 Å². The molecule has 2 N–H and O–H groups in total. The van der Waals surface area contributed by atoms with Crippen molar-refractivity contribution < 1.29 is 4.79 Å². The largest absolute Gasteiger partial charge is 0.332 e. The zero-order valence-corrected chi connectivity index (χ0v) is 12.2. The monoisotopic (exact) mass is 294 g/mol. The highest BCUT2D eigenvalue weighted by atomic mass is 35.5. The van der Waals surface area contributed by atoms with Gasteiger partial charge < -0.3 is 15.2 Å². The van der Waals surface area contributed by atoms with Crippen molar-refractivity contribution in [2.75, 3.05) is 6.54 Å². The number of nitrogens with zero attached hydrogens (tertiary/aromatic N) is 3. The van der Waals surface area contributed by atoms with Gasteiger partial charge >= 0.3 is 0 Å². The van der Waals surface area contributed by atoms with Crippen LogP contribution in [0.4, 0.5) is 0 Å². The average Bonchev–Trinajstić information content (AvgIpc) is 2.73. The highest BCUT2D eigenvalue weighted by Gasteiger charge is 2.26. The van der Waals surface area contributed by atoms with E-state index in [-0.39, 0.29) is 36.6 Å². The minimum Gasteiger partial charge on any atom is -0.332 e. The number of carbonyl (C=O) groups excluding carboxylic acids is 1. The Morgan fingerprint density at radius 3 is 2.67 bits per heavy atom. The first-order valence-electron chi connectivity index (χ1n) is 5.64. The van der Waals surface area contributed by atoms with Gasteiger partial charge in [0.05, 0.1) is 12.6 Å². The van der Waals surface area contributed by atoms with Crippen molar-refractivity contribution in [1.29, 1.82) is 0 Å². The molecule has 1 atom stereocenters. The van der Waals surface area contributed by atoms with Crippen LogP contribution in [-0.4, -0.2) is 32.9 Å². The Morgan fingerprint density at radius 2 is 2.06 bits per heavy atom.